The maximum absolute atomic E-state index is 12.8. The Labute approximate surface area is 175 Å². The van der Waals surface area contributed by atoms with E-state index in [1.807, 2.05) is 37.3 Å². The molecule has 0 bridgehead atoms. The Bertz CT molecular complexity index is 1160. The summed E-state index contributed by atoms with van der Waals surface area (Å²) in [6, 6.07) is 18.2. The van der Waals surface area contributed by atoms with E-state index in [2.05, 4.69) is 10.4 Å². The minimum absolute atomic E-state index is 0.0415. The molecule has 0 radical (unpaired) electrons. The molecule has 156 valence electrons. The SMILES string of the molecule is Cc1cc(NC(=O)c2cccc(OCc3ccccc3)c2)n([C@@H]2CCS(=O)(=O)C2)n1. The summed E-state index contributed by atoms with van der Waals surface area (Å²) in [5, 5.41) is 7.26. The third-order valence-electron chi connectivity index (χ3n) is 5.00. The molecular weight excluding hydrogens is 402 g/mol. The molecule has 1 amide bonds. The van der Waals surface area contributed by atoms with E-state index in [1.54, 1.807) is 35.0 Å². The van der Waals surface area contributed by atoms with Gasteiger partial charge in [-0.2, -0.15) is 5.10 Å². The van der Waals surface area contributed by atoms with Crippen LogP contribution in [0, 0.1) is 6.92 Å². The van der Waals surface area contributed by atoms with Crippen LogP contribution < -0.4 is 10.1 Å². The van der Waals surface area contributed by atoms with Crippen LogP contribution in [-0.4, -0.2) is 35.6 Å². The summed E-state index contributed by atoms with van der Waals surface area (Å²) in [5.74, 6) is 0.973. The first-order valence-electron chi connectivity index (χ1n) is 9.74. The van der Waals surface area contributed by atoms with Crippen molar-refractivity contribution in [3.63, 3.8) is 0 Å². The summed E-state index contributed by atoms with van der Waals surface area (Å²) >= 11 is 0. The van der Waals surface area contributed by atoms with Crippen molar-refractivity contribution in [2.75, 3.05) is 16.8 Å². The molecule has 0 unspecified atom stereocenters. The van der Waals surface area contributed by atoms with Gasteiger partial charge in [-0.15, -0.1) is 0 Å². The Morgan fingerprint density at radius 3 is 2.70 bits per heavy atom. The number of sulfone groups is 1. The highest BCUT2D eigenvalue weighted by Crippen LogP contribution is 2.27. The smallest absolute Gasteiger partial charge is 0.256 e. The van der Waals surface area contributed by atoms with Gasteiger partial charge in [-0.1, -0.05) is 36.4 Å². The highest BCUT2D eigenvalue weighted by Gasteiger charge is 2.31. The van der Waals surface area contributed by atoms with Crippen LogP contribution in [0.15, 0.2) is 60.7 Å². The van der Waals surface area contributed by atoms with Gasteiger partial charge < -0.3 is 10.1 Å². The molecule has 30 heavy (non-hydrogen) atoms. The van der Waals surface area contributed by atoms with Gasteiger partial charge in [-0.05, 0) is 37.1 Å². The van der Waals surface area contributed by atoms with Gasteiger partial charge in [0.2, 0.25) is 0 Å². The van der Waals surface area contributed by atoms with Crippen molar-refractivity contribution in [1.29, 1.82) is 0 Å². The van der Waals surface area contributed by atoms with Crippen molar-refractivity contribution in [2.45, 2.75) is 26.0 Å². The zero-order chi connectivity index (χ0) is 21.1. The van der Waals surface area contributed by atoms with Crippen LogP contribution in [0.3, 0.4) is 0 Å². The average molecular weight is 426 g/mol. The molecular formula is C22H23N3O4S. The number of rotatable bonds is 6. The van der Waals surface area contributed by atoms with Gasteiger partial charge in [0.25, 0.3) is 5.91 Å². The third kappa shape index (κ3) is 4.71. The number of nitrogens with one attached hydrogen (secondary N) is 1. The van der Waals surface area contributed by atoms with Gasteiger partial charge in [-0.3, -0.25) is 4.79 Å². The topological polar surface area (TPSA) is 90.3 Å². The Morgan fingerprint density at radius 2 is 1.97 bits per heavy atom. The van der Waals surface area contributed by atoms with Gasteiger partial charge in [0.15, 0.2) is 9.84 Å². The lowest BCUT2D eigenvalue weighted by atomic mass is 10.2. The number of amides is 1. The molecule has 1 atom stereocenters. The Hall–Kier alpha value is -3.13. The first-order valence-corrected chi connectivity index (χ1v) is 11.6. The fourth-order valence-electron chi connectivity index (χ4n) is 3.51. The third-order valence-corrected chi connectivity index (χ3v) is 6.75. The molecule has 2 aromatic carbocycles. The molecule has 7 nitrogen and oxygen atoms in total. The van der Waals surface area contributed by atoms with Crippen molar-refractivity contribution in [3.05, 3.63) is 77.5 Å². The average Bonchev–Trinajstić information content (AvgIpc) is 3.28. The number of benzene rings is 2. The fourth-order valence-corrected chi connectivity index (χ4v) is 5.21. The summed E-state index contributed by atoms with van der Waals surface area (Å²) in [6.45, 7) is 2.22. The van der Waals surface area contributed by atoms with Crippen LogP contribution in [0.5, 0.6) is 5.75 Å². The van der Waals surface area contributed by atoms with Crippen molar-refractivity contribution in [2.24, 2.45) is 0 Å². The molecule has 3 aromatic rings. The predicted octanol–water partition coefficient (Wildman–Crippen LogP) is 3.38. The Balaban J connectivity index is 1.47. The zero-order valence-corrected chi connectivity index (χ0v) is 17.4. The van der Waals surface area contributed by atoms with Crippen LogP contribution in [0.25, 0.3) is 0 Å². The first-order chi connectivity index (χ1) is 14.4. The normalized spacial score (nSPS) is 17.6. The molecule has 1 aromatic heterocycles. The molecule has 1 fully saturated rings. The van der Waals surface area contributed by atoms with E-state index in [0.29, 0.717) is 30.2 Å². The molecule has 1 aliphatic heterocycles. The number of hydrogen-bond donors (Lipinski definition) is 1. The summed E-state index contributed by atoms with van der Waals surface area (Å²) in [4.78, 5) is 12.8. The predicted molar refractivity (Wildman–Crippen MR) is 114 cm³/mol. The van der Waals surface area contributed by atoms with Gasteiger partial charge >= 0.3 is 0 Å². The molecule has 1 aliphatic rings. The van der Waals surface area contributed by atoms with Gasteiger partial charge in [0.05, 0.1) is 23.2 Å². The number of carbonyl (C=O) groups is 1. The second-order valence-electron chi connectivity index (χ2n) is 7.43. The lowest BCUT2D eigenvalue weighted by molar-refractivity contribution is 0.102. The standard InChI is InChI=1S/C22H23N3O4S/c1-16-12-21(25(24-16)19-10-11-30(27,28)15-19)23-22(26)18-8-5-9-20(13-18)29-14-17-6-3-2-4-7-17/h2-9,12-13,19H,10-11,14-15H2,1H3,(H,23,26)/t19-/m1/s1. The van der Waals surface area contributed by atoms with Crippen LogP contribution in [-0.2, 0) is 16.4 Å². The van der Waals surface area contributed by atoms with E-state index in [4.69, 9.17) is 4.74 Å². The number of hydrogen-bond acceptors (Lipinski definition) is 5. The number of ether oxygens (including phenoxy) is 1. The molecule has 1 saturated heterocycles. The molecule has 0 spiro atoms. The first kappa shape index (κ1) is 20.2. The van der Waals surface area contributed by atoms with E-state index in [9.17, 15) is 13.2 Å². The van der Waals surface area contributed by atoms with Crippen molar-refractivity contribution >= 4 is 21.6 Å². The molecule has 4 rings (SSSR count). The fraction of sp³-hybridized carbons (Fsp3) is 0.273. The quantitative estimate of drug-likeness (QED) is 0.654. The summed E-state index contributed by atoms with van der Waals surface area (Å²) in [5.41, 5.74) is 2.21. The summed E-state index contributed by atoms with van der Waals surface area (Å²) in [6.07, 6.45) is 0.495. The lowest BCUT2D eigenvalue weighted by Crippen LogP contribution is -2.19. The number of carbonyl (C=O) groups excluding carboxylic acids is 1. The lowest BCUT2D eigenvalue weighted by Gasteiger charge is -2.14. The monoisotopic (exact) mass is 425 g/mol. The van der Waals surface area contributed by atoms with Crippen molar-refractivity contribution < 1.29 is 17.9 Å². The van der Waals surface area contributed by atoms with Crippen LogP contribution in [0.4, 0.5) is 5.82 Å². The highest BCUT2D eigenvalue weighted by molar-refractivity contribution is 7.91. The van der Waals surface area contributed by atoms with E-state index in [0.717, 1.165) is 11.3 Å². The van der Waals surface area contributed by atoms with Gasteiger partial charge in [0.1, 0.15) is 18.2 Å². The van der Waals surface area contributed by atoms with E-state index >= 15 is 0 Å². The summed E-state index contributed by atoms with van der Waals surface area (Å²) < 4.78 is 31.1. The minimum Gasteiger partial charge on any atom is -0.489 e. The maximum atomic E-state index is 12.8. The Morgan fingerprint density at radius 1 is 1.17 bits per heavy atom. The number of aryl methyl sites for hydroxylation is 1. The van der Waals surface area contributed by atoms with Crippen molar-refractivity contribution in [1.82, 2.24) is 9.78 Å². The highest BCUT2D eigenvalue weighted by atomic mass is 32.2. The molecule has 2 heterocycles. The van der Waals surface area contributed by atoms with E-state index in [1.165, 1.54) is 0 Å². The maximum Gasteiger partial charge on any atom is 0.256 e. The van der Waals surface area contributed by atoms with E-state index < -0.39 is 9.84 Å². The van der Waals surface area contributed by atoms with Gasteiger partial charge in [0, 0.05) is 11.6 Å². The molecule has 0 saturated carbocycles. The second-order valence-corrected chi connectivity index (χ2v) is 9.66. The molecule has 8 heteroatoms. The minimum atomic E-state index is -3.06. The largest absolute Gasteiger partial charge is 0.489 e. The molecule has 0 aliphatic carbocycles. The number of aromatic nitrogens is 2. The van der Waals surface area contributed by atoms with E-state index in [-0.39, 0.29) is 23.5 Å². The van der Waals surface area contributed by atoms with Crippen LogP contribution >= 0.6 is 0 Å². The zero-order valence-electron chi connectivity index (χ0n) is 16.6. The van der Waals surface area contributed by atoms with Crippen molar-refractivity contribution in [3.8, 4) is 5.75 Å². The molecule has 1 N–H and O–H groups in total. The van der Waals surface area contributed by atoms with Crippen LogP contribution in [0.2, 0.25) is 0 Å². The van der Waals surface area contributed by atoms with Gasteiger partial charge in [-0.25, -0.2) is 13.1 Å². The second kappa shape index (κ2) is 8.31. The number of nitrogens with zero attached hydrogens (tertiary/aromatic N) is 2. The Kier molecular flexibility index (Phi) is 5.59. The summed E-state index contributed by atoms with van der Waals surface area (Å²) in [7, 11) is -3.06. The number of anilines is 1. The van der Waals surface area contributed by atoms with Crippen LogP contribution in [0.1, 0.15) is 34.1 Å².